The third kappa shape index (κ3) is 9.10. The molecule has 4 heteroatoms. The first-order valence-electron chi connectivity index (χ1n) is 0. The third-order valence-electron chi connectivity index (χ3n) is 0. The van der Waals surface area contributed by atoms with Crippen molar-refractivity contribution in [1.29, 1.82) is 0 Å². The average molecular weight is 288 g/mol. The second-order valence-corrected chi connectivity index (χ2v) is 0. The zero-order valence-corrected chi connectivity index (χ0v) is 11.0. The first-order valence-corrected chi connectivity index (χ1v) is 0. The van der Waals surface area contributed by atoms with Gasteiger partial charge >= 0.3 is 37.7 Å². The minimum absolute atomic E-state index is 0. The van der Waals surface area contributed by atoms with Crippen LogP contribution in [0.25, 0.3) is 0 Å². The molecule has 4 heavy (non-hydrogen) atoms. The molecule has 0 rings (SSSR count). The molecule has 2 radical (unpaired) electrons. The van der Waals surface area contributed by atoms with E-state index in [4.69, 9.17) is 0 Å². The number of hydrogen-bond donors (Lipinski definition) is 0. The van der Waals surface area contributed by atoms with E-state index in [1.807, 2.05) is 0 Å². The van der Waals surface area contributed by atoms with E-state index in [0.717, 1.165) is 0 Å². The molecule has 0 aromatic rings. The van der Waals surface area contributed by atoms with E-state index in [2.05, 4.69) is 0 Å². The Morgan fingerprint density at radius 1 is 1.25 bits per heavy atom. The van der Waals surface area contributed by atoms with E-state index in [1.165, 1.54) is 0 Å². The number of hydrogen-bond acceptors (Lipinski definition) is 0. The smallest absolute Gasteiger partial charge is 1.00 e. The van der Waals surface area contributed by atoms with Gasteiger partial charge in [0.15, 0.2) is 0 Å². The SMILES string of the molecule is O.[Ca+2].[H-].[H-].[La].[Y]. The van der Waals surface area contributed by atoms with Crippen molar-refractivity contribution in [1.82, 2.24) is 0 Å². The van der Waals surface area contributed by atoms with Crippen molar-refractivity contribution in [2.24, 2.45) is 0 Å². The molecule has 0 heterocycles. The largest absolute Gasteiger partial charge is 2.00 e. The van der Waals surface area contributed by atoms with Gasteiger partial charge in [-0.2, -0.15) is 0 Å². The van der Waals surface area contributed by atoms with E-state index in [9.17, 15) is 0 Å². The molecule has 0 aliphatic rings. The Balaban J connectivity index is 0. The van der Waals surface area contributed by atoms with Crippen LogP contribution in [-0.4, -0.2) is 43.2 Å². The summed E-state index contributed by atoms with van der Waals surface area (Å²) in [5.41, 5.74) is 0. The second kappa shape index (κ2) is 16.0. The summed E-state index contributed by atoms with van der Waals surface area (Å²) in [7, 11) is 0. The first-order chi connectivity index (χ1) is 0. The van der Waals surface area contributed by atoms with Crippen LogP contribution in [0.1, 0.15) is 2.85 Å². The Kier molecular flexibility index (Phi) is 103. The zero-order valence-electron chi connectivity index (χ0n) is 4.36. The normalized spacial score (nSPS) is 0. The van der Waals surface area contributed by atoms with Crippen LogP contribution in [0.3, 0.4) is 0 Å². The molecule has 2 N–H and O–H groups in total. The molecule has 0 fully saturated rings. The van der Waals surface area contributed by atoms with Crippen LogP contribution in [0, 0.1) is 35.6 Å². The molecular formula is H4CaLaOY. The summed E-state index contributed by atoms with van der Waals surface area (Å²) in [6.07, 6.45) is 0. The Morgan fingerprint density at radius 3 is 1.25 bits per heavy atom. The summed E-state index contributed by atoms with van der Waals surface area (Å²) in [5.74, 6) is 0. The van der Waals surface area contributed by atoms with Gasteiger partial charge in [-0.15, -0.1) is 0 Å². The third-order valence-corrected chi connectivity index (χ3v) is 0. The van der Waals surface area contributed by atoms with Crippen LogP contribution in [-0.2, 0) is 32.7 Å². The van der Waals surface area contributed by atoms with Crippen molar-refractivity contribution in [2.75, 3.05) is 0 Å². The van der Waals surface area contributed by atoms with Gasteiger partial charge in [0, 0.05) is 68.3 Å². The summed E-state index contributed by atoms with van der Waals surface area (Å²) >= 11 is 0. The van der Waals surface area contributed by atoms with E-state index in [-0.39, 0.29) is 114 Å². The molecule has 0 unspecified atom stereocenters. The maximum absolute atomic E-state index is 0. The van der Waals surface area contributed by atoms with Crippen molar-refractivity contribution < 1.29 is 76.6 Å². The molecule has 0 atom stereocenters. The Labute approximate surface area is 111 Å². The molecule has 0 aromatic carbocycles. The maximum Gasteiger partial charge on any atom is 2.00 e. The summed E-state index contributed by atoms with van der Waals surface area (Å²) < 4.78 is 0. The minimum atomic E-state index is 0. The van der Waals surface area contributed by atoms with Gasteiger partial charge in [-0.3, -0.25) is 0 Å². The maximum atomic E-state index is 0. The molecule has 0 aliphatic carbocycles. The topological polar surface area (TPSA) is 31.5 Å². The van der Waals surface area contributed by atoms with E-state index in [0.29, 0.717) is 0 Å². The predicted molar refractivity (Wildman–Crippen MR) is 11.6 cm³/mol. The van der Waals surface area contributed by atoms with Crippen LogP contribution in [0.2, 0.25) is 0 Å². The average Bonchev–Trinajstić information content (AvgIpc) is 0. The Morgan fingerprint density at radius 2 is 1.25 bits per heavy atom. The molecule has 0 aliphatic heterocycles. The first kappa shape index (κ1) is 25.8. The van der Waals surface area contributed by atoms with Gasteiger partial charge in [-0.25, -0.2) is 0 Å². The van der Waals surface area contributed by atoms with Crippen LogP contribution in [0.5, 0.6) is 0 Å². The summed E-state index contributed by atoms with van der Waals surface area (Å²) in [6.45, 7) is 0. The monoisotopic (exact) mass is 288 g/mol. The molecule has 0 saturated carbocycles. The van der Waals surface area contributed by atoms with E-state index < -0.39 is 0 Å². The van der Waals surface area contributed by atoms with Crippen molar-refractivity contribution in [2.45, 2.75) is 0 Å². The van der Waals surface area contributed by atoms with E-state index in [1.54, 1.807) is 0 Å². The van der Waals surface area contributed by atoms with Gasteiger partial charge in [-0.05, 0) is 0 Å². The van der Waals surface area contributed by atoms with Gasteiger partial charge in [0.05, 0.1) is 0 Å². The van der Waals surface area contributed by atoms with Gasteiger partial charge in [0.2, 0.25) is 0 Å². The minimum Gasteiger partial charge on any atom is -1.00 e. The van der Waals surface area contributed by atoms with Crippen LogP contribution in [0.15, 0.2) is 0 Å². The van der Waals surface area contributed by atoms with Crippen molar-refractivity contribution in [3.05, 3.63) is 0 Å². The molecule has 18 valence electrons. The zero-order chi connectivity index (χ0) is 0. The predicted octanol–water partition coefficient (Wildman–Crippen LogP) is -0.983. The fourth-order valence-corrected chi connectivity index (χ4v) is 0. The summed E-state index contributed by atoms with van der Waals surface area (Å²) in [5, 5.41) is 0. The second-order valence-electron chi connectivity index (χ2n) is 0. The van der Waals surface area contributed by atoms with Crippen molar-refractivity contribution >= 4 is 37.7 Å². The molecule has 0 saturated heterocycles. The Bertz CT molecular complexity index is 13.5. The fourth-order valence-electron chi connectivity index (χ4n) is 0. The van der Waals surface area contributed by atoms with Gasteiger partial charge in [-0.1, -0.05) is 0 Å². The standard InChI is InChI=1S/Ca.La.H2O.Y.2H/h;;1H2;;;/q+2;;;;2*-1. The van der Waals surface area contributed by atoms with Gasteiger partial charge in [0.1, 0.15) is 0 Å². The Hall–Kier alpha value is 3.52. The quantitative estimate of drug-likeness (QED) is 0.513. The molecule has 0 aromatic heterocycles. The van der Waals surface area contributed by atoms with Crippen molar-refractivity contribution in [3.8, 4) is 0 Å². The molecule has 1 nitrogen and oxygen atoms in total. The summed E-state index contributed by atoms with van der Waals surface area (Å²) in [4.78, 5) is 0. The summed E-state index contributed by atoms with van der Waals surface area (Å²) in [6, 6.07) is 0. The number of rotatable bonds is 0. The van der Waals surface area contributed by atoms with Gasteiger partial charge < -0.3 is 8.33 Å². The fraction of sp³-hybridized carbons (Fsp3) is 0. The molecule has 0 amide bonds. The molecular weight excluding hydrogens is 284 g/mol. The van der Waals surface area contributed by atoms with E-state index >= 15 is 0 Å². The van der Waals surface area contributed by atoms with Gasteiger partial charge in [0.25, 0.3) is 0 Å². The van der Waals surface area contributed by atoms with Crippen LogP contribution >= 0.6 is 0 Å². The van der Waals surface area contributed by atoms with Crippen LogP contribution < -0.4 is 0 Å². The molecule has 0 bridgehead atoms. The van der Waals surface area contributed by atoms with Crippen LogP contribution in [0.4, 0.5) is 0 Å². The molecule has 0 spiro atoms. The van der Waals surface area contributed by atoms with Crippen molar-refractivity contribution in [3.63, 3.8) is 0 Å².